The zero-order valence-electron chi connectivity index (χ0n) is 11.7. The van der Waals surface area contributed by atoms with E-state index in [0.29, 0.717) is 6.42 Å². The molecular weight excluding hydrogens is 274 g/mol. The van der Waals surface area contributed by atoms with Gasteiger partial charge in [-0.3, -0.25) is 4.79 Å². The highest BCUT2D eigenvalue weighted by Gasteiger charge is 2.20. The van der Waals surface area contributed by atoms with Crippen molar-refractivity contribution < 1.29 is 9.90 Å². The summed E-state index contributed by atoms with van der Waals surface area (Å²) < 4.78 is 0. The van der Waals surface area contributed by atoms with E-state index in [0.717, 1.165) is 28.9 Å². The van der Waals surface area contributed by atoms with Crippen molar-refractivity contribution in [2.45, 2.75) is 11.7 Å². The first-order valence-electron chi connectivity index (χ1n) is 6.48. The Labute approximate surface area is 122 Å². The SMILES string of the molecule is CN(C)CCS[C@@H](Cc1c[nH]c2ncccc12)C(=O)O. The van der Waals surface area contributed by atoms with Gasteiger partial charge in [-0.05, 0) is 38.2 Å². The summed E-state index contributed by atoms with van der Waals surface area (Å²) in [6.07, 6.45) is 4.10. The fourth-order valence-corrected chi connectivity index (χ4v) is 3.17. The first kappa shape index (κ1) is 14.9. The standard InChI is InChI=1S/C14H19N3O2S/c1-17(2)6-7-20-12(14(18)19)8-10-9-16-13-11(10)4-3-5-15-13/h3-5,9,12H,6-8H2,1-2H3,(H,15,16)(H,18,19)/t12-/m0/s1. The van der Waals surface area contributed by atoms with Gasteiger partial charge in [0.05, 0.1) is 0 Å². The molecule has 0 amide bonds. The average molecular weight is 293 g/mol. The lowest BCUT2D eigenvalue weighted by Crippen LogP contribution is -2.22. The third kappa shape index (κ3) is 3.74. The van der Waals surface area contributed by atoms with E-state index < -0.39 is 11.2 Å². The number of aromatic nitrogens is 2. The lowest BCUT2D eigenvalue weighted by Gasteiger charge is -2.14. The predicted molar refractivity (Wildman–Crippen MR) is 82.2 cm³/mol. The molecule has 0 bridgehead atoms. The number of aromatic amines is 1. The first-order chi connectivity index (χ1) is 9.58. The summed E-state index contributed by atoms with van der Waals surface area (Å²) in [5, 5.41) is 9.93. The molecule has 2 aromatic heterocycles. The van der Waals surface area contributed by atoms with E-state index in [9.17, 15) is 9.90 Å². The Bertz CT molecular complexity index is 583. The smallest absolute Gasteiger partial charge is 0.316 e. The lowest BCUT2D eigenvalue weighted by atomic mass is 10.1. The summed E-state index contributed by atoms with van der Waals surface area (Å²) in [7, 11) is 3.98. The maximum absolute atomic E-state index is 11.4. The topological polar surface area (TPSA) is 69.2 Å². The summed E-state index contributed by atoms with van der Waals surface area (Å²) in [5.74, 6) is 0.0527. The van der Waals surface area contributed by atoms with Crippen molar-refractivity contribution in [3.63, 3.8) is 0 Å². The number of carboxylic acids is 1. The van der Waals surface area contributed by atoms with Crippen LogP contribution in [0.1, 0.15) is 5.56 Å². The largest absolute Gasteiger partial charge is 0.480 e. The number of rotatable bonds is 7. The van der Waals surface area contributed by atoms with Gasteiger partial charge in [0.1, 0.15) is 10.9 Å². The number of carboxylic acid groups (broad SMARTS) is 1. The van der Waals surface area contributed by atoms with Gasteiger partial charge in [-0.2, -0.15) is 0 Å². The minimum Gasteiger partial charge on any atom is -0.480 e. The number of hydrogen-bond acceptors (Lipinski definition) is 4. The second-order valence-corrected chi connectivity index (χ2v) is 6.23. The van der Waals surface area contributed by atoms with Gasteiger partial charge in [0.2, 0.25) is 0 Å². The number of nitrogens with zero attached hydrogens (tertiary/aromatic N) is 2. The van der Waals surface area contributed by atoms with Gasteiger partial charge in [-0.1, -0.05) is 0 Å². The molecule has 2 rings (SSSR count). The summed E-state index contributed by atoms with van der Waals surface area (Å²) in [5.41, 5.74) is 1.82. The highest BCUT2D eigenvalue weighted by atomic mass is 32.2. The molecule has 0 saturated carbocycles. The summed E-state index contributed by atoms with van der Waals surface area (Å²) >= 11 is 1.49. The number of aliphatic carboxylic acids is 1. The normalized spacial score (nSPS) is 12.9. The molecule has 0 spiro atoms. The van der Waals surface area contributed by atoms with Crippen LogP contribution in [0.4, 0.5) is 0 Å². The maximum Gasteiger partial charge on any atom is 0.316 e. The molecule has 5 nitrogen and oxygen atoms in total. The van der Waals surface area contributed by atoms with E-state index in [1.54, 1.807) is 6.20 Å². The van der Waals surface area contributed by atoms with Crippen LogP contribution in [0.15, 0.2) is 24.5 Å². The number of fused-ring (bicyclic) bond motifs is 1. The molecule has 0 aliphatic carbocycles. The first-order valence-corrected chi connectivity index (χ1v) is 7.53. The minimum atomic E-state index is -0.757. The molecule has 0 unspecified atom stereocenters. The van der Waals surface area contributed by atoms with Crippen LogP contribution in [-0.4, -0.2) is 57.6 Å². The molecule has 0 aromatic carbocycles. The zero-order chi connectivity index (χ0) is 14.5. The fourth-order valence-electron chi connectivity index (χ4n) is 1.98. The van der Waals surface area contributed by atoms with Crippen LogP contribution >= 0.6 is 11.8 Å². The average Bonchev–Trinajstić information content (AvgIpc) is 2.80. The van der Waals surface area contributed by atoms with Crippen molar-refractivity contribution in [2.24, 2.45) is 0 Å². The van der Waals surface area contributed by atoms with Crippen LogP contribution in [-0.2, 0) is 11.2 Å². The second-order valence-electron chi connectivity index (χ2n) is 4.92. The molecule has 2 aromatic rings. The van der Waals surface area contributed by atoms with Crippen molar-refractivity contribution in [3.05, 3.63) is 30.1 Å². The molecule has 0 aliphatic heterocycles. The number of pyridine rings is 1. The Kier molecular flexibility index (Phi) is 5.03. The molecule has 108 valence electrons. The number of nitrogens with one attached hydrogen (secondary N) is 1. The summed E-state index contributed by atoms with van der Waals surface area (Å²) in [6.45, 7) is 0.879. The molecule has 0 radical (unpaired) electrons. The van der Waals surface area contributed by atoms with E-state index in [4.69, 9.17) is 0 Å². The number of carbonyl (C=O) groups is 1. The molecule has 2 heterocycles. The number of H-pyrrole nitrogens is 1. The molecular formula is C14H19N3O2S. The minimum absolute atomic E-state index is 0.422. The Balaban J connectivity index is 2.06. The van der Waals surface area contributed by atoms with Gasteiger partial charge in [-0.25, -0.2) is 4.98 Å². The molecule has 6 heteroatoms. The van der Waals surface area contributed by atoms with E-state index >= 15 is 0 Å². The molecule has 2 N–H and O–H groups in total. The molecule has 0 fully saturated rings. The van der Waals surface area contributed by atoms with Gasteiger partial charge in [0.15, 0.2) is 0 Å². The molecule has 1 atom stereocenters. The predicted octanol–water partition coefficient (Wildman–Crippen LogP) is 1.85. The second kappa shape index (κ2) is 6.76. The third-order valence-corrected chi connectivity index (χ3v) is 4.26. The van der Waals surface area contributed by atoms with Crippen LogP contribution in [0.5, 0.6) is 0 Å². The molecule has 20 heavy (non-hydrogen) atoms. The Hall–Kier alpha value is -1.53. The van der Waals surface area contributed by atoms with Crippen molar-refractivity contribution in [3.8, 4) is 0 Å². The monoisotopic (exact) mass is 293 g/mol. The Morgan fingerprint density at radius 1 is 1.55 bits per heavy atom. The Morgan fingerprint density at radius 2 is 2.35 bits per heavy atom. The molecule has 0 saturated heterocycles. The maximum atomic E-state index is 11.4. The van der Waals surface area contributed by atoms with Gasteiger partial charge in [0, 0.05) is 30.1 Å². The quantitative estimate of drug-likeness (QED) is 0.815. The summed E-state index contributed by atoms with van der Waals surface area (Å²) in [4.78, 5) is 20.7. The van der Waals surface area contributed by atoms with Crippen LogP contribution in [0.3, 0.4) is 0 Å². The van der Waals surface area contributed by atoms with Gasteiger partial charge in [-0.15, -0.1) is 11.8 Å². The number of hydrogen-bond donors (Lipinski definition) is 2. The van der Waals surface area contributed by atoms with Crippen LogP contribution in [0.25, 0.3) is 11.0 Å². The van der Waals surface area contributed by atoms with E-state index in [1.807, 2.05) is 32.4 Å². The van der Waals surface area contributed by atoms with Gasteiger partial charge >= 0.3 is 5.97 Å². The van der Waals surface area contributed by atoms with Crippen molar-refractivity contribution in [2.75, 3.05) is 26.4 Å². The third-order valence-electron chi connectivity index (χ3n) is 3.08. The zero-order valence-corrected chi connectivity index (χ0v) is 12.5. The van der Waals surface area contributed by atoms with E-state index in [2.05, 4.69) is 14.9 Å². The molecule has 0 aliphatic rings. The highest BCUT2D eigenvalue weighted by molar-refractivity contribution is 8.00. The highest BCUT2D eigenvalue weighted by Crippen LogP contribution is 2.22. The van der Waals surface area contributed by atoms with Crippen LogP contribution in [0, 0.1) is 0 Å². The van der Waals surface area contributed by atoms with Crippen LogP contribution in [0.2, 0.25) is 0 Å². The van der Waals surface area contributed by atoms with Crippen molar-refractivity contribution in [1.29, 1.82) is 0 Å². The fraction of sp³-hybridized carbons (Fsp3) is 0.429. The summed E-state index contributed by atoms with van der Waals surface area (Å²) in [6, 6.07) is 3.84. The van der Waals surface area contributed by atoms with Gasteiger partial charge in [0.25, 0.3) is 0 Å². The van der Waals surface area contributed by atoms with Gasteiger partial charge < -0.3 is 15.0 Å². The van der Waals surface area contributed by atoms with E-state index in [1.165, 1.54) is 11.8 Å². The van der Waals surface area contributed by atoms with Crippen molar-refractivity contribution in [1.82, 2.24) is 14.9 Å². The van der Waals surface area contributed by atoms with Crippen LogP contribution < -0.4 is 0 Å². The lowest BCUT2D eigenvalue weighted by molar-refractivity contribution is -0.136. The van der Waals surface area contributed by atoms with Crippen molar-refractivity contribution >= 4 is 28.8 Å². The number of thioether (sulfide) groups is 1. The Morgan fingerprint density at radius 3 is 3.05 bits per heavy atom. The van der Waals surface area contributed by atoms with E-state index in [-0.39, 0.29) is 0 Å².